The molecule has 0 aliphatic heterocycles. The molecule has 1 atom stereocenters. The first-order valence-corrected chi connectivity index (χ1v) is 19.3. The van der Waals surface area contributed by atoms with E-state index in [9.17, 15) is 18.5 Å². The lowest BCUT2D eigenvalue weighted by Crippen LogP contribution is -2.41. The molecule has 8 nitrogen and oxygen atoms in total. The largest absolute Gasteiger partial charge is 0.489 e. The minimum atomic E-state index is -3.68. The Labute approximate surface area is 265 Å². The van der Waals surface area contributed by atoms with Crippen molar-refractivity contribution >= 4 is 58.3 Å². The second kappa shape index (κ2) is 14.4. The van der Waals surface area contributed by atoms with E-state index in [4.69, 9.17) is 36.5 Å². The fourth-order valence-corrected chi connectivity index (χ4v) is 5.98. The van der Waals surface area contributed by atoms with Crippen molar-refractivity contribution in [3.8, 4) is 11.8 Å². The first kappa shape index (κ1) is 34.8. The van der Waals surface area contributed by atoms with E-state index in [0.717, 1.165) is 11.8 Å². The molecule has 0 heterocycles. The molecule has 1 amide bonds. The Morgan fingerprint density at radius 1 is 1.05 bits per heavy atom. The van der Waals surface area contributed by atoms with E-state index in [0.29, 0.717) is 33.8 Å². The van der Waals surface area contributed by atoms with Crippen molar-refractivity contribution in [1.82, 2.24) is 5.32 Å². The van der Waals surface area contributed by atoms with E-state index in [1.807, 2.05) is 12.1 Å². The zero-order valence-electron chi connectivity index (χ0n) is 25.3. The standard InChI is InChI=1S/C31H38Cl2N2O6SSi/c1-31(2,3)43(5,6)41-14-13-23(21-11-12-26(32)27(33)18-21)20-35-30(36)28-25-10-8-7-9-22(25)17-24(19-34)29(28)39-15-16-40-42(4,37)38/h7-12,17-18,23H,13-16,20H2,1-6H3,(H,35,36)/t23-/m1/s1. The minimum Gasteiger partial charge on any atom is -0.489 e. The first-order chi connectivity index (χ1) is 20.0. The highest BCUT2D eigenvalue weighted by molar-refractivity contribution is 7.85. The summed E-state index contributed by atoms with van der Waals surface area (Å²) in [4.78, 5) is 13.9. The third kappa shape index (κ3) is 9.42. The predicted octanol–water partition coefficient (Wildman–Crippen LogP) is 7.30. The Morgan fingerprint density at radius 2 is 1.74 bits per heavy atom. The second-order valence-corrected chi connectivity index (χ2v) is 19.1. The molecular weight excluding hydrogens is 627 g/mol. The van der Waals surface area contributed by atoms with Gasteiger partial charge in [0.2, 0.25) is 0 Å². The van der Waals surface area contributed by atoms with Crippen LogP contribution in [0.15, 0.2) is 48.5 Å². The molecular formula is C31H38Cl2N2O6SSi. The van der Waals surface area contributed by atoms with Gasteiger partial charge in [-0.05, 0) is 59.1 Å². The van der Waals surface area contributed by atoms with Crippen LogP contribution in [0.3, 0.4) is 0 Å². The number of halogens is 2. The summed E-state index contributed by atoms with van der Waals surface area (Å²) < 4.78 is 39.8. The summed E-state index contributed by atoms with van der Waals surface area (Å²) in [5.41, 5.74) is 1.23. The number of amides is 1. The Hall–Kier alpha value is -2.65. The molecule has 0 spiro atoms. The Balaban J connectivity index is 1.91. The third-order valence-corrected chi connectivity index (χ3v) is 13.5. The number of hydrogen-bond acceptors (Lipinski definition) is 7. The lowest BCUT2D eigenvalue weighted by atomic mass is 9.95. The van der Waals surface area contributed by atoms with Gasteiger partial charge in [0.15, 0.2) is 14.1 Å². The van der Waals surface area contributed by atoms with Gasteiger partial charge >= 0.3 is 0 Å². The molecule has 43 heavy (non-hydrogen) atoms. The van der Waals surface area contributed by atoms with Crippen LogP contribution >= 0.6 is 23.2 Å². The summed E-state index contributed by atoms with van der Waals surface area (Å²) in [6, 6.07) is 16.3. The molecule has 3 rings (SSSR count). The molecule has 232 valence electrons. The Morgan fingerprint density at radius 3 is 2.37 bits per heavy atom. The van der Waals surface area contributed by atoms with Crippen molar-refractivity contribution in [1.29, 1.82) is 5.26 Å². The summed E-state index contributed by atoms with van der Waals surface area (Å²) in [6.45, 7) is 11.2. The van der Waals surface area contributed by atoms with E-state index >= 15 is 0 Å². The van der Waals surface area contributed by atoms with Crippen LogP contribution in [0, 0.1) is 11.3 Å². The quantitative estimate of drug-likeness (QED) is 0.116. The van der Waals surface area contributed by atoms with Gasteiger partial charge in [-0.15, -0.1) is 0 Å². The maximum absolute atomic E-state index is 13.9. The van der Waals surface area contributed by atoms with E-state index in [1.165, 1.54) is 0 Å². The zero-order chi connectivity index (χ0) is 32.0. The number of carbonyl (C=O) groups excluding carboxylic acids is 1. The van der Waals surface area contributed by atoms with E-state index in [1.54, 1.807) is 36.4 Å². The summed E-state index contributed by atoms with van der Waals surface area (Å²) in [5.74, 6) is -0.535. The van der Waals surface area contributed by atoms with E-state index in [-0.39, 0.29) is 47.6 Å². The van der Waals surface area contributed by atoms with Gasteiger partial charge in [0.05, 0.1) is 27.4 Å². The van der Waals surface area contributed by atoms with Crippen LogP contribution < -0.4 is 10.1 Å². The minimum absolute atomic E-state index is 0.0515. The molecule has 3 aromatic rings. The molecule has 1 N–H and O–H groups in total. The lowest BCUT2D eigenvalue weighted by molar-refractivity contribution is 0.0946. The molecule has 0 saturated heterocycles. The van der Waals surface area contributed by atoms with Gasteiger partial charge in [0.1, 0.15) is 19.3 Å². The van der Waals surface area contributed by atoms with Gasteiger partial charge in [0.25, 0.3) is 16.0 Å². The van der Waals surface area contributed by atoms with Crippen molar-refractivity contribution in [3.63, 3.8) is 0 Å². The van der Waals surface area contributed by atoms with Crippen LogP contribution in [0.1, 0.15) is 54.6 Å². The number of nitrogens with one attached hydrogen (secondary N) is 1. The second-order valence-electron chi connectivity index (χ2n) is 11.8. The van der Waals surface area contributed by atoms with E-state index in [2.05, 4.69) is 45.3 Å². The molecule has 12 heteroatoms. The summed E-state index contributed by atoms with van der Waals surface area (Å²) in [6.07, 6.45) is 1.56. The molecule has 3 aromatic carbocycles. The molecule has 0 radical (unpaired) electrons. The average Bonchev–Trinajstić information content (AvgIpc) is 2.92. The SMILES string of the molecule is CC(C)(C)[Si](C)(C)OCC[C@H](CNC(=O)c1c(OCCOS(C)(=O)=O)c(C#N)cc2ccccc12)c1ccc(Cl)c(Cl)c1. The van der Waals surface area contributed by atoms with Crippen molar-refractivity contribution < 1.29 is 26.6 Å². The topological polar surface area (TPSA) is 115 Å². The molecule has 0 bridgehead atoms. The fraction of sp³-hybridized carbons (Fsp3) is 0.419. The molecule has 0 aliphatic rings. The highest BCUT2D eigenvalue weighted by Gasteiger charge is 2.37. The first-order valence-electron chi connectivity index (χ1n) is 13.8. The van der Waals surface area contributed by atoms with Gasteiger partial charge < -0.3 is 14.5 Å². The molecule has 0 saturated carbocycles. The Kier molecular flexibility index (Phi) is 11.7. The number of carbonyl (C=O) groups is 1. The van der Waals surface area contributed by atoms with Crippen LogP contribution in [0.4, 0.5) is 0 Å². The van der Waals surface area contributed by atoms with Gasteiger partial charge in [-0.2, -0.15) is 13.7 Å². The maximum atomic E-state index is 13.9. The van der Waals surface area contributed by atoms with Crippen molar-refractivity contribution in [3.05, 3.63) is 75.3 Å². The third-order valence-electron chi connectivity index (χ3n) is 7.64. The number of hydrogen-bond donors (Lipinski definition) is 1. The summed E-state index contributed by atoms with van der Waals surface area (Å²) in [7, 11) is -5.68. The Bertz CT molecular complexity index is 1620. The highest BCUT2D eigenvalue weighted by atomic mass is 35.5. The predicted molar refractivity (Wildman–Crippen MR) is 174 cm³/mol. The summed E-state index contributed by atoms with van der Waals surface area (Å²) in [5, 5.41) is 15.1. The molecule has 0 aliphatic carbocycles. The van der Waals surface area contributed by atoms with Crippen LogP contribution in [-0.4, -0.2) is 55.3 Å². The number of rotatable bonds is 13. The summed E-state index contributed by atoms with van der Waals surface area (Å²) >= 11 is 12.5. The van der Waals surface area contributed by atoms with Crippen LogP contribution in [-0.2, 0) is 18.7 Å². The van der Waals surface area contributed by atoms with Crippen LogP contribution in [0.2, 0.25) is 28.2 Å². The normalized spacial score (nSPS) is 13.0. The number of nitriles is 1. The van der Waals surface area contributed by atoms with Crippen molar-refractivity contribution in [2.45, 2.75) is 51.2 Å². The molecule has 0 unspecified atom stereocenters. The van der Waals surface area contributed by atoms with Gasteiger partial charge in [-0.1, -0.05) is 74.3 Å². The smallest absolute Gasteiger partial charge is 0.264 e. The number of benzene rings is 3. The van der Waals surface area contributed by atoms with Gasteiger partial charge in [-0.3, -0.25) is 8.98 Å². The van der Waals surface area contributed by atoms with Gasteiger partial charge in [0, 0.05) is 19.1 Å². The van der Waals surface area contributed by atoms with Crippen molar-refractivity contribution in [2.75, 3.05) is 32.6 Å². The highest BCUT2D eigenvalue weighted by Crippen LogP contribution is 2.37. The molecule has 0 aromatic heterocycles. The zero-order valence-corrected chi connectivity index (χ0v) is 28.6. The number of fused-ring (bicyclic) bond motifs is 1. The monoisotopic (exact) mass is 664 g/mol. The fourth-order valence-electron chi connectivity index (χ4n) is 4.25. The number of ether oxygens (including phenoxy) is 1. The van der Waals surface area contributed by atoms with E-state index < -0.39 is 24.3 Å². The lowest BCUT2D eigenvalue weighted by Gasteiger charge is -2.36. The average molecular weight is 666 g/mol. The van der Waals surface area contributed by atoms with Crippen LogP contribution in [0.25, 0.3) is 10.8 Å². The molecule has 0 fully saturated rings. The number of nitrogens with zero attached hydrogens (tertiary/aromatic N) is 1. The van der Waals surface area contributed by atoms with Crippen LogP contribution in [0.5, 0.6) is 5.75 Å². The van der Waals surface area contributed by atoms with Gasteiger partial charge in [-0.25, -0.2) is 0 Å². The van der Waals surface area contributed by atoms with Crippen molar-refractivity contribution in [2.24, 2.45) is 0 Å². The maximum Gasteiger partial charge on any atom is 0.264 e.